The summed E-state index contributed by atoms with van der Waals surface area (Å²) in [6, 6.07) is 15.8. The van der Waals surface area contributed by atoms with Crippen LogP contribution in [0.15, 0.2) is 48.7 Å². The third-order valence-electron chi connectivity index (χ3n) is 7.44. The van der Waals surface area contributed by atoms with Gasteiger partial charge < -0.3 is 14.0 Å². The summed E-state index contributed by atoms with van der Waals surface area (Å²) >= 11 is 0. The van der Waals surface area contributed by atoms with E-state index in [-0.39, 0.29) is 0 Å². The zero-order valence-electron chi connectivity index (χ0n) is 20.1. The van der Waals surface area contributed by atoms with Crippen LogP contribution in [0.4, 0.5) is 0 Å². The lowest BCUT2D eigenvalue weighted by Crippen LogP contribution is -2.35. The van der Waals surface area contributed by atoms with Crippen molar-refractivity contribution in [3.05, 3.63) is 65.4 Å². The van der Waals surface area contributed by atoms with Crippen LogP contribution < -0.4 is 4.74 Å². The Morgan fingerprint density at radius 2 is 1.58 bits per heavy atom. The molecule has 0 saturated carbocycles. The molecule has 3 aromatic rings. The van der Waals surface area contributed by atoms with Gasteiger partial charge in [0.2, 0.25) is 0 Å². The van der Waals surface area contributed by atoms with Crippen molar-refractivity contribution in [2.45, 2.75) is 32.4 Å². The first-order valence-electron chi connectivity index (χ1n) is 12.4. The standard InChI is InChI=1S/C28H37N3O2/c1-29-20-25(27-18-26(32-2)7-8-28(27)29)21-30-11-9-23(10-12-30)17-22-3-5-24(6-4-22)19-31-13-15-33-16-14-31/h3-8,18,20,23H,9-17,19,21H2,1-2H3. The zero-order chi connectivity index (χ0) is 22.6. The van der Waals surface area contributed by atoms with E-state index in [2.05, 4.69) is 64.0 Å². The summed E-state index contributed by atoms with van der Waals surface area (Å²) in [5, 5.41) is 1.32. The van der Waals surface area contributed by atoms with Gasteiger partial charge >= 0.3 is 0 Å². The maximum absolute atomic E-state index is 5.46. The van der Waals surface area contributed by atoms with Gasteiger partial charge in [0.1, 0.15) is 5.75 Å². The van der Waals surface area contributed by atoms with Crippen LogP contribution in [0.2, 0.25) is 0 Å². The number of aromatic nitrogens is 1. The topological polar surface area (TPSA) is 29.9 Å². The van der Waals surface area contributed by atoms with Crippen LogP contribution in [0.3, 0.4) is 0 Å². The number of aryl methyl sites for hydroxylation is 1. The summed E-state index contributed by atoms with van der Waals surface area (Å²) < 4.78 is 13.2. The smallest absolute Gasteiger partial charge is 0.119 e. The highest BCUT2D eigenvalue weighted by Crippen LogP contribution is 2.28. The Morgan fingerprint density at radius 1 is 0.879 bits per heavy atom. The molecule has 33 heavy (non-hydrogen) atoms. The molecule has 0 bridgehead atoms. The molecular weight excluding hydrogens is 410 g/mol. The van der Waals surface area contributed by atoms with E-state index in [1.165, 1.54) is 59.9 Å². The van der Waals surface area contributed by atoms with Crippen LogP contribution in [0, 0.1) is 5.92 Å². The molecular formula is C28H37N3O2. The molecule has 0 N–H and O–H groups in total. The average molecular weight is 448 g/mol. The van der Waals surface area contributed by atoms with Crippen molar-refractivity contribution in [2.24, 2.45) is 13.0 Å². The number of methoxy groups -OCH3 is 1. The van der Waals surface area contributed by atoms with Crippen molar-refractivity contribution in [1.29, 1.82) is 0 Å². The van der Waals surface area contributed by atoms with E-state index in [9.17, 15) is 0 Å². The van der Waals surface area contributed by atoms with Crippen molar-refractivity contribution < 1.29 is 9.47 Å². The first-order valence-corrected chi connectivity index (χ1v) is 12.4. The second-order valence-corrected chi connectivity index (χ2v) is 9.78. The van der Waals surface area contributed by atoms with Gasteiger partial charge in [0.15, 0.2) is 0 Å². The fourth-order valence-electron chi connectivity index (χ4n) is 5.43. The summed E-state index contributed by atoms with van der Waals surface area (Å²) in [6.07, 6.45) is 6.05. The highest BCUT2D eigenvalue weighted by Gasteiger charge is 2.21. The second-order valence-electron chi connectivity index (χ2n) is 9.78. The first kappa shape index (κ1) is 22.5. The van der Waals surface area contributed by atoms with Gasteiger partial charge in [-0.05, 0) is 73.2 Å². The molecule has 5 heteroatoms. The number of benzene rings is 2. The van der Waals surface area contributed by atoms with Crippen molar-refractivity contribution in [3.63, 3.8) is 0 Å². The van der Waals surface area contributed by atoms with Crippen molar-refractivity contribution in [2.75, 3.05) is 46.5 Å². The Morgan fingerprint density at radius 3 is 2.30 bits per heavy atom. The largest absolute Gasteiger partial charge is 0.497 e. The third-order valence-corrected chi connectivity index (χ3v) is 7.44. The molecule has 0 radical (unpaired) electrons. The van der Waals surface area contributed by atoms with Crippen LogP contribution in [0.5, 0.6) is 5.75 Å². The summed E-state index contributed by atoms with van der Waals surface area (Å²) in [6.45, 7) is 8.26. The van der Waals surface area contributed by atoms with Crippen molar-refractivity contribution in [3.8, 4) is 5.75 Å². The Kier molecular flexibility index (Phi) is 7.00. The summed E-state index contributed by atoms with van der Waals surface area (Å²) in [5.41, 5.74) is 5.58. The third kappa shape index (κ3) is 5.43. The van der Waals surface area contributed by atoms with Crippen LogP contribution in [0.1, 0.15) is 29.5 Å². The lowest BCUT2D eigenvalue weighted by molar-refractivity contribution is 0.0342. The number of piperidine rings is 1. The highest BCUT2D eigenvalue weighted by atomic mass is 16.5. The molecule has 3 heterocycles. The monoisotopic (exact) mass is 447 g/mol. The van der Waals surface area contributed by atoms with Gasteiger partial charge in [0.05, 0.1) is 20.3 Å². The minimum atomic E-state index is 0.791. The zero-order valence-corrected chi connectivity index (χ0v) is 20.1. The van der Waals surface area contributed by atoms with Gasteiger partial charge in [-0.15, -0.1) is 0 Å². The van der Waals surface area contributed by atoms with Gasteiger partial charge in [-0.25, -0.2) is 0 Å². The van der Waals surface area contributed by atoms with E-state index in [1.807, 2.05) is 6.07 Å². The van der Waals surface area contributed by atoms with Gasteiger partial charge in [0, 0.05) is 50.3 Å². The second kappa shape index (κ2) is 10.3. The highest BCUT2D eigenvalue weighted by molar-refractivity contribution is 5.85. The quantitative estimate of drug-likeness (QED) is 0.534. The lowest BCUT2D eigenvalue weighted by atomic mass is 9.89. The molecule has 2 fully saturated rings. The van der Waals surface area contributed by atoms with Crippen LogP contribution in [-0.4, -0.2) is 60.9 Å². The number of morpholine rings is 1. The molecule has 0 atom stereocenters. The Labute approximate surface area is 197 Å². The molecule has 2 aromatic carbocycles. The van der Waals surface area contributed by atoms with E-state index in [1.54, 1.807) is 7.11 Å². The average Bonchev–Trinajstić information content (AvgIpc) is 3.16. The van der Waals surface area contributed by atoms with E-state index < -0.39 is 0 Å². The minimum Gasteiger partial charge on any atom is -0.497 e. The van der Waals surface area contributed by atoms with Crippen molar-refractivity contribution in [1.82, 2.24) is 14.4 Å². The molecule has 0 spiro atoms. The number of hydrogen-bond donors (Lipinski definition) is 0. The first-order chi connectivity index (χ1) is 16.2. The van der Waals surface area contributed by atoms with Crippen LogP contribution in [-0.2, 0) is 31.3 Å². The van der Waals surface area contributed by atoms with E-state index in [0.717, 1.165) is 51.1 Å². The Bertz CT molecular complexity index is 1040. The normalized spacial score (nSPS) is 18.7. The van der Waals surface area contributed by atoms with Gasteiger partial charge in [0.25, 0.3) is 0 Å². The lowest BCUT2D eigenvalue weighted by Gasteiger charge is -2.32. The Hall–Kier alpha value is -2.34. The number of fused-ring (bicyclic) bond motifs is 1. The fourth-order valence-corrected chi connectivity index (χ4v) is 5.43. The fraction of sp³-hybridized carbons (Fsp3) is 0.500. The van der Waals surface area contributed by atoms with Gasteiger partial charge in [-0.3, -0.25) is 9.80 Å². The number of hydrogen-bond acceptors (Lipinski definition) is 4. The SMILES string of the molecule is COc1ccc2c(c1)c(CN1CCC(Cc3ccc(CN4CCOCC4)cc3)CC1)cn2C. The predicted molar refractivity (Wildman–Crippen MR) is 134 cm³/mol. The van der Waals surface area contributed by atoms with E-state index >= 15 is 0 Å². The van der Waals surface area contributed by atoms with Crippen LogP contribution in [0.25, 0.3) is 10.9 Å². The molecule has 5 rings (SSSR count). The molecule has 0 aliphatic carbocycles. The molecule has 2 aliphatic heterocycles. The maximum Gasteiger partial charge on any atom is 0.119 e. The van der Waals surface area contributed by atoms with Gasteiger partial charge in [-0.2, -0.15) is 0 Å². The molecule has 0 unspecified atom stereocenters. The Balaban J connectivity index is 1.13. The van der Waals surface area contributed by atoms with Crippen molar-refractivity contribution >= 4 is 10.9 Å². The number of ether oxygens (including phenoxy) is 2. The molecule has 5 nitrogen and oxygen atoms in total. The summed E-state index contributed by atoms with van der Waals surface area (Å²) in [7, 11) is 3.88. The van der Waals surface area contributed by atoms with Gasteiger partial charge in [-0.1, -0.05) is 24.3 Å². The molecule has 2 saturated heterocycles. The summed E-state index contributed by atoms with van der Waals surface area (Å²) in [4.78, 5) is 5.11. The maximum atomic E-state index is 5.46. The molecule has 1 aromatic heterocycles. The molecule has 2 aliphatic rings. The number of rotatable bonds is 7. The number of likely N-dealkylation sites (tertiary alicyclic amines) is 1. The molecule has 0 amide bonds. The molecule has 176 valence electrons. The van der Waals surface area contributed by atoms with E-state index in [0.29, 0.717) is 0 Å². The van der Waals surface area contributed by atoms with Crippen LogP contribution >= 0.6 is 0 Å². The van der Waals surface area contributed by atoms with E-state index in [4.69, 9.17) is 9.47 Å². The number of nitrogens with zero attached hydrogens (tertiary/aromatic N) is 3. The predicted octanol–water partition coefficient (Wildman–Crippen LogP) is 4.47. The summed E-state index contributed by atoms with van der Waals surface area (Å²) in [5.74, 6) is 1.73. The minimum absolute atomic E-state index is 0.791.